The van der Waals surface area contributed by atoms with Gasteiger partial charge in [0.25, 0.3) is 0 Å². The quantitative estimate of drug-likeness (QED) is 0.315. The number of hydrogen-bond acceptors (Lipinski definition) is 3. The summed E-state index contributed by atoms with van der Waals surface area (Å²) in [6, 6.07) is 2.16. The summed E-state index contributed by atoms with van der Waals surface area (Å²) in [6.07, 6.45) is 9.85. The number of nitrogens with zero attached hydrogens (tertiary/aromatic N) is 1. The van der Waals surface area contributed by atoms with Crippen molar-refractivity contribution in [2.75, 3.05) is 6.61 Å². The Bertz CT molecular complexity index is 279. The van der Waals surface area contributed by atoms with E-state index in [-0.39, 0.29) is 5.97 Å². The molecule has 18 heavy (non-hydrogen) atoms. The molecule has 0 aliphatic rings. The summed E-state index contributed by atoms with van der Waals surface area (Å²) < 4.78 is 5.01. The summed E-state index contributed by atoms with van der Waals surface area (Å²) in [5.74, 6) is -0.285. The van der Waals surface area contributed by atoms with Crippen LogP contribution in [-0.4, -0.2) is 12.6 Å². The van der Waals surface area contributed by atoms with Crippen LogP contribution in [0.4, 0.5) is 0 Å². The van der Waals surface area contributed by atoms with Gasteiger partial charge in [-0.1, -0.05) is 45.1 Å². The molecule has 0 amide bonds. The molecule has 0 spiro atoms. The van der Waals surface area contributed by atoms with Gasteiger partial charge in [-0.15, -0.1) is 0 Å². The smallest absolute Gasteiger partial charge is 0.333 e. The minimum atomic E-state index is -0.285. The Hall–Kier alpha value is -1.30. The Kier molecular flexibility index (Phi) is 11.3. The molecule has 0 aliphatic heterocycles. The molecule has 0 aromatic heterocycles. The Morgan fingerprint density at radius 3 is 2.06 bits per heavy atom. The van der Waals surface area contributed by atoms with Crippen LogP contribution in [0.3, 0.4) is 0 Å². The van der Waals surface area contributed by atoms with Gasteiger partial charge in [-0.25, -0.2) is 4.79 Å². The highest BCUT2D eigenvalue weighted by Gasteiger charge is 2.01. The zero-order valence-corrected chi connectivity index (χ0v) is 11.5. The maximum Gasteiger partial charge on any atom is 0.333 e. The van der Waals surface area contributed by atoms with Crippen LogP contribution in [0.2, 0.25) is 0 Å². The molecule has 0 fully saturated rings. The van der Waals surface area contributed by atoms with Crippen LogP contribution in [0.5, 0.6) is 0 Å². The number of nitriles is 1. The maximum atomic E-state index is 11.1. The number of hydrogen-bond donors (Lipinski definition) is 0. The topological polar surface area (TPSA) is 50.1 Å². The van der Waals surface area contributed by atoms with Gasteiger partial charge in [0.2, 0.25) is 0 Å². The zero-order chi connectivity index (χ0) is 13.6. The van der Waals surface area contributed by atoms with Gasteiger partial charge < -0.3 is 4.74 Å². The molecule has 0 unspecified atom stereocenters. The van der Waals surface area contributed by atoms with Crippen molar-refractivity contribution < 1.29 is 9.53 Å². The summed E-state index contributed by atoms with van der Waals surface area (Å²) in [5.41, 5.74) is 0.465. The minimum Gasteiger partial charge on any atom is -0.462 e. The van der Waals surface area contributed by atoms with E-state index in [4.69, 9.17) is 10.00 Å². The third-order valence-electron chi connectivity index (χ3n) is 2.76. The van der Waals surface area contributed by atoms with Gasteiger partial charge in [-0.3, -0.25) is 0 Å². The second kappa shape index (κ2) is 12.2. The van der Waals surface area contributed by atoms with E-state index in [9.17, 15) is 4.79 Å². The molecule has 0 bridgehead atoms. The Morgan fingerprint density at radius 2 is 1.56 bits per heavy atom. The van der Waals surface area contributed by atoms with E-state index in [1.165, 1.54) is 32.1 Å². The number of carbonyl (C=O) groups excluding carboxylic acids is 1. The molecule has 102 valence electrons. The number of carbonyl (C=O) groups is 1. The van der Waals surface area contributed by atoms with Crippen LogP contribution in [-0.2, 0) is 9.53 Å². The average Bonchev–Trinajstić information content (AvgIpc) is 2.35. The monoisotopic (exact) mass is 251 g/mol. The predicted octanol–water partition coefficient (Wildman–Crippen LogP) is 4.14. The van der Waals surface area contributed by atoms with E-state index in [1.807, 2.05) is 0 Å². The summed E-state index contributed by atoms with van der Waals surface area (Å²) in [7, 11) is 0. The molecule has 0 aliphatic carbocycles. The van der Waals surface area contributed by atoms with Gasteiger partial charge >= 0.3 is 5.97 Å². The third-order valence-corrected chi connectivity index (χ3v) is 2.76. The Labute approximate surface area is 111 Å². The molecule has 0 saturated heterocycles. The third kappa shape index (κ3) is 11.2. The fraction of sp³-hybridized carbons (Fsp3) is 0.733. The molecule has 0 radical (unpaired) electrons. The van der Waals surface area contributed by atoms with Crippen LogP contribution in [0.1, 0.15) is 64.7 Å². The second-order valence-corrected chi connectivity index (χ2v) is 4.65. The maximum absolute atomic E-state index is 11.1. The molecule has 3 nitrogen and oxygen atoms in total. The van der Waals surface area contributed by atoms with Crippen molar-refractivity contribution in [2.24, 2.45) is 0 Å². The lowest BCUT2D eigenvalue weighted by molar-refractivity contribution is -0.139. The van der Waals surface area contributed by atoms with Crippen molar-refractivity contribution >= 4 is 5.97 Å². The molecular weight excluding hydrogens is 226 g/mol. The van der Waals surface area contributed by atoms with Gasteiger partial charge in [0.1, 0.15) is 0 Å². The molecule has 0 aromatic carbocycles. The standard InChI is InChI=1S/C15H25NO2/c1-14(2)15(17)18-13-11-9-7-5-3-4-6-8-10-12-16/h1,3-11,13H2,2H3. The molecule has 0 atom stereocenters. The van der Waals surface area contributed by atoms with Gasteiger partial charge in [0.05, 0.1) is 12.7 Å². The van der Waals surface area contributed by atoms with Crippen LogP contribution in [0.15, 0.2) is 12.2 Å². The van der Waals surface area contributed by atoms with Gasteiger partial charge in [-0.05, 0) is 19.8 Å². The number of ether oxygens (including phenoxy) is 1. The molecule has 0 aromatic rings. The fourth-order valence-electron chi connectivity index (χ4n) is 1.65. The number of esters is 1. The lowest BCUT2D eigenvalue weighted by Crippen LogP contribution is -2.05. The molecule has 0 N–H and O–H groups in total. The zero-order valence-electron chi connectivity index (χ0n) is 11.5. The van der Waals surface area contributed by atoms with Crippen molar-refractivity contribution in [3.05, 3.63) is 12.2 Å². The summed E-state index contributed by atoms with van der Waals surface area (Å²) in [4.78, 5) is 11.1. The van der Waals surface area contributed by atoms with Gasteiger partial charge in [-0.2, -0.15) is 5.26 Å². The van der Waals surface area contributed by atoms with Gasteiger partial charge in [0, 0.05) is 12.0 Å². The summed E-state index contributed by atoms with van der Waals surface area (Å²) in [5, 5.41) is 8.37. The highest BCUT2D eigenvalue weighted by atomic mass is 16.5. The highest BCUT2D eigenvalue weighted by molar-refractivity contribution is 5.86. The summed E-state index contributed by atoms with van der Waals surface area (Å²) in [6.45, 7) is 5.70. The first kappa shape index (κ1) is 16.7. The van der Waals surface area contributed by atoms with Crippen molar-refractivity contribution in [1.82, 2.24) is 0 Å². The van der Waals surface area contributed by atoms with E-state index in [2.05, 4.69) is 12.6 Å². The Morgan fingerprint density at radius 1 is 1.06 bits per heavy atom. The second-order valence-electron chi connectivity index (χ2n) is 4.65. The molecular formula is C15H25NO2. The van der Waals surface area contributed by atoms with E-state index in [0.29, 0.717) is 18.6 Å². The molecule has 3 heteroatoms. The molecule has 0 rings (SSSR count). The summed E-state index contributed by atoms with van der Waals surface area (Å²) >= 11 is 0. The van der Waals surface area contributed by atoms with E-state index in [0.717, 1.165) is 19.3 Å². The minimum absolute atomic E-state index is 0.285. The number of rotatable bonds is 11. The first-order valence-corrected chi connectivity index (χ1v) is 6.88. The van der Waals surface area contributed by atoms with E-state index < -0.39 is 0 Å². The first-order chi connectivity index (χ1) is 8.68. The lowest BCUT2D eigenvalue weighted by atomic mass is 10.1. The molecule has 0 heterocycles. The van der Waals surface area contributed by atoms with Crippen molar-refractivity contribution in [1.29, 1.82) is 5.26 Å². The van der Waals surface area contributed by atoms with Crippen LogP contribution in [0.25, 0.3) is 0 Å². The predicted molar refractivity (Wildman–Crippen MR) is 72.9 cm³/mol. The van der Waals surface area contributed by atoms with Crippen LogP contribution in [0, 0.1) is 11.3 Å². The number of unbranched alkanes of at least 4 members (excludes halogenated alkanes) is 8. The first-order valence-electron chi connectivity index (χ1n) is 6.88. The largest absolute Gasteiger partial charge is 0.462 e. The van der Waals surface area contributed by atoms with Gasteiger partial charge in [0.15, 0.2) is 0 Å². The SMILES string of the molecule is C=C(C)C(=O)OCCCCCCCCCCC#N. The average molecular weight is 251 g/mol. The van der Waals surface area contributed by atoms with E-state index >= 15 is 0 Å². The van der Waals surface area contributed by atoms with Crippen LogP contribution < -0.4 is 0 Å². The Balaban J connectivity index is 3.10. The highest BCUT2D eigenvalue weighted by Crippen LogP contribution is 2.09. The fourth-order valence-corrected chi connectivity index (χ4v) is 1.65. The molecule has 0 saturated carbocycles. The lowest BCUT2D eigenvalue weighted by Gasteiger charge is -2.04. The van der Waals surface area contributed by atoms with Crippen molar-refractivity contribution in [3.63, 3.8) is 0 Å². The van der Waals surface area contributed by atoms with E-state index in [1.54, 1.807) is 6.92 Å². The normalized spacial score (nSPS) is 9.78. The van der Waals surface area contributed by atoms with Crippen molar-refractivity contribution in [2.45, 2.75) is 64.7 Å². The van der Waals surface area contributed by atoms with Crippen LogP contribution >= 0.6 is 0 Å². The van der Waals surface area contributed by atoms with Crippen molar-refractivity contribution in [3.8, 4) is 6.07 Å².